The van der Waals surface area contributed by atoms with E-state index in [1.807, 2.05) is 83.3 Å². The van der Waals surface area contributed by atoms with E-state index in [4.69, 9.17) is 26.3 Å². The van der Waals surface area contributed by atoms with Crippen LogP contribution in [0.5, 0.6) is 0 Å². The van der Waals surface area contributed by atoms with Gasteiger partial charge in [-0.3, -0.25) is 29.2 Å². The molecule has 0 saturated carbocycles. The molecule has 12 aromatic rings. The number of carbonyl (C=O) groups is 4. The average molecular weight is 1510 g/mol. The fourth-order valence-corrected chi connectivity index (χ4v) is 11.2. The number of aromatic nitrogens is 9. The third-order valence-electron chi connectivity index (χ3n) is 12.7. The van der Waals surface area contributed by atoms with Crippen LogP contribution in [0.3, 0.4) is 0 Å². The van der Waals surface area contributed by atoms with E-state index < -0.39 is 30.8 Å². The minimum atomic E-state index is -3.61. The normalized spacial score (nSPS) is 10.7. The predicted molar refractivity (Wildman–Crippen MR) is 372 cm³/mol. The summed E-state index contributed by atoms with van der Waals surface area (Å²) in [6.45, 7) is -0.500. The Bertz CT molecular complexity index is 4850. The number of amides is 3. The van der Waals surface area contributed by atoms with E-state index in [0.717, 1.165) is 81.0 Å². The number of benzene rings is 3. The Kier molecular flexibility index (Phi) is 28.6. The quantitative estimate of drug-likeness (QED) is 0.00778. The third-order valence-corrected chi connectivity index (χ3v) is 18.1. The molecule has 13 N–H and O–H groups in total. The van der Waals surface area contributed by atoms with Crippen LogP contribution in [0, 0.1) is 17.5 Å². The molecule has 0 unspecified atom stereocenters. The van der Waals surface area contributed by atoms with Gasteiger partial charge in [0, 0.05) is 170 Å². The Labute approximate surface area is 580 Å². The number of nitrogens with two attached hydrogens (primary N) is 1. The molecule has 0 saturated heterocycles. The Balaban J connectivity index is 0.000000240. The second-order valence-electron chi connectivity index (χ2n) is 19.7. The molecular formula is C60H62ClN18O11PdS5-. The molecular weight excluding hydrogens is 1450 g/mol. The summed E-state index contributed by atoms with van der Waals surface area (Å²) in [5, 5.41) is 37.6. The third kappa shape index (κ3) is 21.6. The molecule has 0 bridgehead atoms. The summed E-state index contributed by atoms with van der Waals surface area (Å²) in [5.74, 6) is -0.641. The van der Waals surface area contributed by atoms with Crippen molar-refractivity contribution in [3.05, 3.63) is 197 Å². The van der Waals surface area contributed by atoms with E-state index in [9.17, 15) is 41.3 Å². The monoisotopic (exact) mass is 1510 g/mol. The Morgan fingerprint density at radius 2 is 0.948 bits per heavy atom. The number of carbonyl (C=O) groups excluding carboxylic acids is 4. The van der Waals surface area contributed by atoms with E-state index in [-0.39, 0.29) is 76.7 Å². The molecule has 0 aliphatic heterocycles. The van der Waals surface area contributed by atoms with Crippen LogP contribution in [0.4, 0.5) is 32.5 Å². The smallest absolute Gasteiger partial charge is 0.301 e. The number of nitrogen functional groups attached to an aromatic ring is 1. The van der Waals surface area contributed by atoms with Gasteiger partial charge in [0.05, 0.1) is 47.0 Å². The predicted octanol–water partition coefficient (Wildman–Crippen LogP) is 9.53. The minimum absolute atomic E-state index is 0. The van der Waals surface area contributed by atoms with Gasteiger partial charge in [0.2, 0.25) is 17.7 Å². The van der Waals surface area contributed by atoms with Crippen LogP contribution in [-0.4, -0.2) is 128 Å². The molecule has 96 heavy (non-hydrogen) atoms. The fourth-order valence-electron chi connectivity index (χ4n) is 8.38. The van der Waals surface area contributed by atoms with Crippen molar-refractivity contribution in [3.63, 3.8) is 0 Å². The van der Waals surface area contributed by atoms with Crippen molar-refractivity contribution in [1.29, 1.82) is 0 Å². The van der Waals surface area contributed by atoms with Crippen molar-refractivity contribution in [2.75, 3.05) is 54.6 Å². The summed E-state index contributed by atoms with van der Waals surface area (Å²) in [4.78, 5) is 91.1. The maximum absolute atomic E-state index is 12.5. The van der Waals surface area contributed by atoms with E-state index in [2.05, 4.69) is 65.5 Å². The molecule has 3 amide bonds. The number of non-ortho nitro benzene ring substituents is 1. The molecule has 3 aromatic carbocycles. The van der Waals surface area contributed by atoms with Crippen molar-refractivity contribution >= 4 is 154 Å². The van der Waals surface area contributed by atoms with Crippen LogP contribution in [0.15, 0.2) is 163 Å². The SMILES string of the molecule is CN(C)S(=O)(=O)Cl.CN(C)S(=O)(=O)Nc1cccc(CC(=O)Nc2nc(-c3c[nH]c4ncccc34)cs2)c1.Nc1cccc(CC(=O)Nc2nc(-c3c[nH]c4ncccc34)cs2)c1.O=C(Cc1cccc([N+](=O)[O-])c1)Nc1nc(-c2c[nH]c3ncccc23)cs1.O=C[O-].[CH3-].[NH4+].[Pd]. The summed E-state index contributed by atoms with van der Waals surface area (Å²) in [5.41, 5.74) is 16.3. The van der Waals surface area contributed by atoms with E-state index in [1.54, 1.807) is 67.1 Å². The first-order valence-electron chi connectivity index (χ1n) is 27.0. The summed E-state index contributed by atoms with van der Waals surface area (Å²) in [6, 6.07) is 31.6. The van der Waals surface area contributed by atoms with Gasteiger partial charge < -0.3 is 60.1 Å². The van der Waals surface area contributed by atoms with Crippen molar-refractivity contribution in [2.45, 2.75) is 19.3 Å². The number of nitro benzene ring substituents is 1. The second-order valence-corrected chi connectivity index (χ2v) is 26.9. The van der Waals surface area contributed by atoms with Gasteiger partial charge in [-0.15, -0.1) is 34.0 Å². The number of halogens is 1. The van der Waals surface area contributed by atoms with E-state index in [1.165, 1.54) is 74.3 Å². The van der Waals surface area contributed by atoms with Crippen molar-refractivity contribution < 1.29 is 66.5 Å². The van der Waals surface area contributed by atoms with Gasteiger partial charge in [-0.05, 0) is 77.4 Å². The number of hydrogen-bond acceptors (Lipinski definition) is 21. The molecule has 29 nitrogen and oxygen atoms in total. The standard InChI is InChI=1S/C20H20N6O3S2.C18H13N5O3S.C18H15N5OS.C2H6ClNO2S.CH2O2.CH3.H3N.Pd/c1-26(2)31(28,29)25-14-6-3-5-13(9-14)10-18(27)24-20-23-17(12-30-20)16-11-22-19-15(16)7-4-8-21-19;24-16(8-11-3-1-4-12(7-11)23(25)26)22-18-21-15(10-27-18)14-9-20-17-13(14)5-2-6-19-17;19-12-4-1-3-11(7-12)8-16(24)23-18-22-15(10-25-18)14-9-21-17-13(14)5-2-6-20-17;1-4(2)7(3,5)6;2-1-3;;;/h3-9,11-12,25H,10H2,1-2H3,(H,21,22)(H,23,24,27);1-7,9-10H,8H2,(H,19,20)(H,21,22,24);1-7,9-10H,8,19H2,(H,20,21)(H,22,23,24);1-2H3;1H,(H,2,3);2*1H3;/q;;;;;-1;;. The van der Waals surface area contributed by atoms with Crippen molar-refractivity contribution in [3.8, 4) is 33.8 Å². The number of H-pyrrole nitrogens is 3. The van der Waals surface area contributed by atoms with Gasteiger partial charge in [0.25, 0.3) is 14.9 Å². The Hall–Kier alpha value is -9.77. The largest absolute Gasteiger partial charge is 0.554 e. The summed E-state index contributed by atoms with van der Waals surface area (Å²) in [7, 11) is 3.32. The fraction of sp³-hybridized carbons (Fsp3) is 0.117. The molecule has 0 fully saturated rings. The second kappa shape index (κ2) is 35.7. The first-order valence-corrected chi connectivity index (χ1v) is 33.4. The molecule has 9 heterocycles. The number of pyridine rings is 3. The van der Waals surface area contributed by atoms with Crippen LogP contribution < -0.4 is 37.7 Å². The first-order chi connectivity index (χ1) is 44.5. The minimum Gasteiger partial charge on any atom is -0.554 e. The number of anilines is 5. The molecule has 9 aromatic heterocycles. The number of nitrogens with one attached hydrogen (secondary N) is 7. The number of rotatable bonds is 17. The number of nitro groups is 1. The van der Waals surface area contributed by atoms with Gasteiger partial charge in [0.15, 0.2) is 15.4 Å². The molecule has 506 valence electrons. The number of fused-ring (bicyclic) bond motifs is 3. The van der Waals surface area contributed by atoms with Crippen molar-refractivity contribution in [2.24, 2.45) is 0 Å². The maximum atomic E-state index is 12.5. The van der Waals surface area contributed by atoms with Crippen LogP contribution >= 0.6 is 44.7 Å². The van der Waals surface area contributed by atoms with Crippen LogP contribution in [0.1, 0.15) is 16.7 Å². The Morgan fingerprint density at radius 1 is 0.594 bits per heavy atom. The number of nitrogens with zero attached hydrogens (tertiary/aromatic N) is 9. The molecule has 36 heteroatoms. The van der Waals surface area contributed by atoms with Gasteiger partial charge >= 0.3 is 10.2 Å². The number of hydrogen-bond donors (Lipinski definition) is 9. The Morgan fingerprint density at radius 3 is 1.30 bits per heavy atom. The molecule has 0 aliphatic rings. The molecule has 0 spiro atoms. The van der Waals surface area contributed by atoms with Crippen LogP contribution in [0.2, 0.25) is 0 Å². The number of aromatic amines is 3. The topological polar surface area (TPSA) is 445 Å². The maximum Gasteiger partial charge on any atom is 0.301 e. The number of carboxylic acid groups (broad SMARTS) is 1. The van der Waals surface area contributed by atoms with Gasteiger partial charge in [-0.2, -0.15) is 25.4 Å². The number of quaternary nitrogens is 1. The zero-order valence-corrected chi connectivity index (χ0v) is 58.0. The van der Waals surface area contributed by atoms with Gasteiger partial charge in [0.1, 0.15) is 16.9 Å². The molecule has 12 rings (SSSR count). The summed E-state index contributed by atoms with van der Waals surface area (Å²) < 4.78 is 48.5. The average Bonchev–Trinajstić information content (AvgIpc) is 1.67. The molecule has 0 radical (unpaired) electrons. The van der Waals surface area contributed by atoms with E-state index >= 15 is 0 Å². The first kappa shape index (κ1) is 76.9. The van der Waals surface area contributed by atoms with Crippen LogP contribution in [0.25, 0.3) is 66.9 Å². The van der Waals surface area contributed by atoms with Gasteiger partial charge in [-0.25, -0.2) is 29.9 Å². The van der Waals surface area contributed by atoms with E-state index in [0.29, 0.717) is 37.9 Å². The number of thiazole rings is 3. The van der Waals surface area contributed by atoms with Gasteiger partial charge in [-0.1, -0.05) is 36.4 Å². The summed E-state index contributed by atoms with van der Waals surface area (Å²) in [6.07, 6.45) is 11.1. The zero-order valence-electron chi connectivity index (χ0n) is 51.6. The molecule has 0 aliphatic carbocycles. The summed E-state index contributed by atoms with van der Waals surface area (Å²) >= 11 is 4.05. The zero-order chi connectivity index (χ0) is 66.8. The van der Waals surface area contributed by atoms with Crippen molar-refractivity contribution in [1.82, 2.24) is 59.6 Å². The molecule has 0 atom stereocenters. The van der Waals surface area contributed by atoms with Crippen LogP contribution in [-0.2, 0) is 78.3 Å².